The van der Waals surface area contributed by atoms with Crippen LogP contribution in [0, 0.1) is 11.3 Å². The standard InChI is InChI=1S/C25H37NO5/c1-6-20-11-12-21-18(8-7-13-24(20,21)3)9-10-19-14-25(29,15-22(27)17(19)2)31-16-23(28)26(4)30-5/h9-11,21-22,27,29H,2,6-8,12-16H2,1,3-5H3/t21?,22-,24+,25?/m0/s1. The van der Waals surface area contributed by atoms with Crippen LogP contribution in [0.25, 0.3) is 0 Å². The third-order valence-electron chi connectivity index (χ3n) is 7.47. The molecule has 3 rings (SSSR count). The first-order chi connectivity index (χ1) is 14.6. The Morgan fingerprint density at radius 1 is 1.42 bits per heavy atom. The molecule has 0 bridgehead atoms. The fourth-order valence-electron chi connectivity index (χ4n) is 5.45. The van der Waals surface area contributed by atoms with E-state index in [2.05, 4.69) is 32.6 Å². The number of ether oxygens (including phenoxy) is 1. The average Bonchev–Trinajstić information content (AvgIpc) is 3.09. The summed E-state index contributed by atoms with van der Waals surface area (Å²) in [5.41, 5.74) is 4.60. The lowest BCUT2D eigenvalue weighted by atomic mass is 9.64. The Morgan fingerprint density at radius 2 is 2.16 bits per heavy atom. The lowest BCUT2D eigenvalue weighted by molar-refractivity contribution is -0.229. The number of amides is 1. The van der Waals surface area contributed by atoms with Gasteiger partial charge in [-0.2, -0.15) is 0 Å². The van der Waals surface area contributed by atoms with Crippen LogP contribution in [-0.2, 0) is 14.4 Å². The number of likely N-dealkylation sites (N-methyl/N-ethyl adjacent to an activating group) is 1. The van der Waals surface area contributed by atoms with Crippen LogP contribution in [0.1, 0.15) is 58.8 Å². The molecule has 0 saturated heterocycles. The van der Waals surface area contributed by atoms with E-state index in [1.165, 1.54) is 32.6 Å². The Morgan fingerprint density at radius 3 is 2.84 bits per heavy atom. The smallest absolute Gasteiger partial charge is 0.271 e. The summed E-state index contributed by atoms with van der Waals surface area (Å²) in [6.07, 6.45) is 11.5. The molecule has 2 N–H and O–H groups in total. The van der Waals surface area contributed by atoms with Crippen LogP contribution in [0.5, 0.6) is 0 Å². The Bertz CT molecular complexity index is 813. The van der Waals surface area contributed by atoms with E-state index in [-0.39, 0.29) is 24.9 Å². The maximum atomic E-state index is 12.0. The molecule has 0 heterocycles. The van der Waals surface area contributed by atoms with E-state index < -0.39 is 17.8 Å². The average molecular weight is 432 g/mol. The van der Waals surface area contributed by atoms with Crippen LogP contribution in [0.3, 0.4) is 0 Å². The lowest BCUT2D eigenvalue weighted by Crippen LogP contribution is -2.44. The molecule has 2 fully saturated rings. The van der Waals surface area contributed by atoms with Crippen molar-refractivity contribution in [1.82, 2.24) is 5.06 Å². The number of rotatable bonds is 6. The monoisotopic (exact) mass is 431 g/mol. The van der Waals surface area contributed by atoms with Crippen LogP contribution in [0.2, 0.25) is 0 Å². The molecule has 0 spiro atoms. The van der Waals surface area contributed by atoms with Gasteiger partial charge >= 0.3 is 0 Å². The van der Waals surface area contributed by atoms with Crippen LogP contribution in [-0.4, -0.2) is 53.8 Å². The van der Waals surface area contributed by atoms with Gasteiger partial charge in [0.25, 0.3) is 5.91 Å². The van der Waals surface area contributed by atoms with E-state index in [9.17, 15) is 15.0 Å². The van der Waals surface area contributed by atoms with E-state index in [0.29, 0.717) is 11.5 Å². The van der Waals surface area contributed by atoms with Crippen LogP contribution >= 0.6 is 0 Å². The van der Waals surface area contributed by atoms with E-state index in [4.69, 9.17) is 9.57 Å². The number of carbonyl (C=O) groups excluding carboxylic acids is 1. The first-order valence-electron chi connectivity index (χ1n) is 11.3. The van der Waals surface area contributed by atoms with Gasteiger partial charge in [0.15, 0.2) is 5.79 Å². The highest BCUT2D eigenvalue weighted by molar-refractivity contribution is 5.76. The van der Waals surface area contributed by atoms with Crippen molar-refractivity contribution in [2.45, 2.75) is 70.7 Å². The van der Waals surface area contributed by atoms with Crippen molar-refractivity contribution in [3.05, 3.63) is 47.1 Å². The molecule has 1 amide bonds. The Kier molecular flexibility index (Phi) is 7.26. The van der Waals surface area contributed by atoms with Gasteiger partial charge in [0.05, 0.1) is 13.2 Å². The van der Waals surface area contributed by atoms with Crippen LogP contribution in [0.15, 0.2) is 47.1 Å². The predicted octanol–water partition coefficient (Wildman–Crippen LogP) is 3.82. The maximum Gasteiger partial charge on any atom is 0.271 e. The van der Waals surface area contributed by atoms with Crippen molar-refractivity contribution in [2.75, 3.05) is 20.8 Å². The Hall–Kier alpha value is -1.73. The Labute approximate surface area is 185 Å². The number of allylic oxidation sites excluding steroid dienone is 5. The molecule has 6 heteroatoms. The summed E-state index contributed by atoms with van der Waals surface area (Å²) in [5.74, 6) is -1.52. The molecule has 4 atom stereocenters. The van der Waals surface area contributed by atoms with Gasteiger partial charge in [0, 0.05) is 19.9 Å². The first-order valence-corrected chi connectivity index (χ1v) is 11.3. The van der Waals surface area contributed by atoms with E-state index in [1.807, 2.05) is 6.08 Å². The second-order valence-electron chi connectivity index (χ2n) is 9.31. The van der Waals surface area contributed by atoms with E-state index in [1.54, 1.807) is 5.57 Å². The number of fused-ring (bicyclic) bond motifs is 1. The summed E-state index contributed by atoms with van der Waals surface area (Å²) >= 11 is 0. The molecule has 0 aromatic carbocycles. The molecule has 3 aliphatic rings. The van der Waals surface area contributed by atoms with Crippen molar-refractivity contribution >= 4 is 5.91 Å². The molecule has 6 nitrogen and oxygen atoms in total. The van der Waals surface area contributed by atoms with E-state index in [0.717, 1.165) is 29.9 Å². The van der Waals surface area contributed by atoms with Crippen molar-refractivity contribution in [3.8, 4) is 0 Å². The molecular formula is C25H37NO5. The minimum absolute atomic E-state index is 0.0196. The van der Waals surface area contributed by atoms with Gasteiger partial charge < -0.3 is 14.9 Å². The summed E-state index contributed by atoms with van der Waals surface area (Å²) < 4.78 is 5.52. The largest absolute Gasteiger partial charge is 0.388 e. The van der Waals surface area contributed by atoms with Crippen LogP contribution < -0.4 is 0 Å². The highest BCUT2D eigenvalue weighted by Gasteiger charge is 2.44. The minimum Gasteiger partial charge on any atom is -0.388 e. The fraction of sp³-hybridized carbons (Fsp3) is 0.640. The van der Waals surface area contributed by atoms with Crippen molar-refractivity contribution < 1.29 is 24.6 Å². The summed E-state index contributed by atoms with van der Waals surface area (Å²) in [6, 6.07) is 0. The molecule has 0 radical (unpaired) electrons. The number of carbonyl (C=O) groups is 1. The molecule has 0 aromatic rings. The SMILES string of the molecule is C=C1C(=CC=C2CCC[C@]3(C)C(CC)=CCC23)CC(O)(OCC(=O)N(C)OC)C[C@@H]1O. The summed E-state index contributed by atoms with van der Waals surface area (Å²) in [4.78, 5) is 16.8. The zero-order valence-electron chi connectivity index (χ0n) is 19.3. The lowest BCUT2D eigenvalue weighted by Gasteiger charge is -2.41. The minimum atomic E-state index is -1.62. The third-order valence-corrected chi connectivity index (χ3v) is 7.47. The molecule has 0 aliphatic heterocycles. The molecule has 172 valence electrons. The van der Waals surface area contributed by atoms with Gasteiger partial charge in [-0.05, 0) is 54.6 Å². The van der Waals surface area contributed by atoms with Crippen molar-refractivity contribution in [1.29, 1.82) is 0 Å². The number of aliphatic hydroxyl groups is 2. The second-order valence-corrected chi connectivity index (χ2v) is 9.31. The van der Waals surface area contributed by atoms with Crippen molar-refractivity contribution in [3.63, 3.8) is 0 Å². The van der Waals surface area contributed by atoms with Gasteiger partial charge in [-0.1, -0.05) is 49.8 Å². The van der Waals surface area contributed by atoms with Gasteiger partial charge in [-0.25, -0.2) is 5.06 Å². The number of hydrogen-bond donors (Lipinski definition) is 2. The van der Waals surface area contributed by atoms with Gasteiger partial charge in [-0.3, -0.25) is 9.63 Å². The quantitative estimate of drug-likeness (QED) is 0.380. The fourth-order valence-corrected chi connectivity index (χ4v) is 5.45. The first kappa shape index (κ1) is 23.9. The highest BCUT2D eigenvalue weighted by atomic mass is 16.7. The zero-order chi connectivity index (χ0) is 22.8. The normalized spacial score (nSPS) is 35.9. The summed E-state index contributed by atoms with van der Waals surface area (Å²) in [6.45, 7) is 8.33. The van der Waals surface area contributed by atoms with Crippen LogP contribution in [0.4, 0.5) is 0 Å². The molecule has 2 saturated carbocycles. The van der Waals surface area contributed by atoms with Gasteiger partial charge in [0.2, 0.25) is 0 Å². The molecular weight excluding hydrogens is 394 g/mol. The molecule has 31 heavy (non-hydrogen) atoms. The number of aliphatic hydroxyl groups excluding tert-OH is 1. The number of hydrogen-bond acceptors (Lipinski definition) is 5. The van der Waals surface area contributed by atoms with Crippen molar-refractivity contribution in [2.24, 2.45) is 11.3 Å². The molecule has 0 aromatic heterocycles. The Balaban J connectivity index is 1.76. The van der Waals surface area contributed by atoms with Gasteiger partial charge in [0.1, 0.15) is 6.61 Å². The number of hydroxylamine groups is 2. The molecule has 3 aliphatic carbocycles. The zero-order valence-corrected chi connectivity index (χ0v) is 19.3. The molecule has 2 unspecified atom stereocenters. The predicted molar refractivity (Wildman–Crippen MR) is 120 cm³/mol. The second kappa shape index (κ2) is 9.41. The topological polar surface area (TPSA) is 79.2 Å². The van der Waals surface area contributed by atoms with E-state index >= 15 is 0 Å². The number of nitrogens with zero attached hydrogens (tertiary/aromatic N) is 1. The summed E-state index contributed by atoms with van der Waals surface area (Å²) in [5, 5.41) is 22.4. The highest BCUT2D eigenvalue weighted by Crippen LogP contribution is 2.55. The third kappa shape index (κ3) is 4.87. The summed E-state index contributed by atoms with van der Waals surface area (Å²) in [7, 11) is 2.86. The maximum absolute atomic E-state index is 12.0. The van der Waals surface area contributed by atoms with Gasteiger partial charge in [-0.15, -0.1) is 0 Å².